The van der Waals surface area contributed by atoms with E-state index in [1.165, 1.54) is 12.1 Å². The van der Waals surface area contributed by atoms with Crippen molar-refractivity contribution >= 4 is 11.9 Å². The van der Waals surface area contributed by atoms with Gasteiger partial charge in [0, 0.05) is 32.2 Å². The van der Waals surface area contributed by atoms with Crippen LogP contribution >= 0.6 is 0 Å². The number of rotatable bonds is 6. The lowest BCUT2D eigenvalue weighted by Gasteiger charge is -2.13. The average Bonchev–Trinajstić information content (AvgIpc) is 2.67. The Hall–Kier alpha value is -3.03. The lowest BCUT2D eigenvalue weighted by molar-refractivity contribution is -0.137. The number of nitrogens with zero attached hydrogens (tertiary/aromatic N) is 1. The molecule has 0 fully saturated rings. The molecule has 2 aromatic rings. The van der Waals surface area contributed by atoms with Gasteiger partial charge in [-0.15, -0.1) is 0 Å². The molecule has 0 aromatic heterocycles. The van der Waals surface area contributed by atoms with E-state index < -0.39 is 11.7 Å². The van der Waals surface area contributed by atoms with Gasteiger partial charge < -0.3 is 16.0 Å². The molecule has 0 heterocycles. The van der Waals surface area contributed by atoms with Crippen LogP contribution in [-0.2, 0) is 12.7 Å². The molecule has 0 radical (unpaired) electrons. The summed E-state index contributed by atoms with van der Waals surface area (Å²) in [5.41, 5.74) is 0.605. The van der Waals surface area contributed by atoms with Crippen molar-refractivity contribution < 1.29 is 18.0 Å². The number of benzene rings is 2. The van der Waals surface area contributed by atoms with E-state index in [9.17, 15) is 18.0 Å². The second kappa shape index (κ2) is 9.61. The van der Waals surface area contributed by atoms with Crippen LogP contribution in [0.5, 0.6) is 0 Å². The zero-order valence-electron chi connectivity index (χ0n) is 14.8. The van der Waals surface area contributed by atoms with Crippen molar-refractivity contribution in [1.82, 2.24) is 16.0 Å². The molecule has 0 aliphatic rings. The number of hydrogen-bond donors (Lipinski definition) is 3. The quantitative estimate of drug-likeness (QED) is 0.411. The first-order valence-electron chi connectivity index (χ1n) is 8.34. The molecule has 144 valence electrons. The van der Waals surface area contributed by atoms with Crippen molar-refractivity contribution in [3.8, 4) is 0 Å². The van der Waals surface area contributed by atoms with E-state index in [1.54, 1.807) is 31.3 Å². The Balaban J connectivity index is 1.72. The van der Waals surface area contributed by atoms with Gasteiger partial charge in [0.1, 0.15) is 0 Å². The molecule has 0 bridgehead atoms. The Kier molecular flexibility index (Phi) is 7.22. The number of alkyl halides is 3. The zero-order valence-corrected chi connectivity index (χ0v) is 14.8. The van der Waals surface area contributed by atoms with Gasteiger partial charge in [0.15, 0.2) is 5.96 Å². The summed E-state index contributed by atoms with van der Waals surface area (Å²) in [7, 11) is 1.59. The second-order valence-corrected chi connectivity index (χ2v) is 5.67. The number of carbonyl (C=O) groups is 1. The Morgan fingerprint density at radius 3 is 2.15 bits per heavy atom. The smallest absolute Gasteiger partial charge is 0.355 e. The summed E-state index contributed by atoms with van der Waals surface area (Å²) in [6, 6.07) is 13.8. The van der Waals surface area contributed by atoms with Gasteiger partial charge in [-0.1, -0.05) is 30.3 Å². The molecule has 0 aliphatic carbocycles. The number of aliphatic imine (C=N–C) groups is 1. The number of halogens is 3. The third-order valence-corrected chi connectivity index (χ3v) is 3.70. The van der Waals surface area contributed by atoms with Crippen molar-refractivity contribution in [1.29, 1.82) is 0 Å². The summed E-state index contributed by atoms with van der Waals surface area (Å²) in [4.78, 5) is 15.9. The molecule has 5 nitrogen and oxygen atoms in total. The van der Waals surface area contributed by atoms with E-state index in [-0.39, 0.29) is 5.91 Å². The number of amides is 1. The third-order valence-electron chi connectivity index (χ3n) is 3.70. The van der Waals surface area contributed by atoms with Crippen LogP contribution in [0.4, 0.5) is 13.2 Å². The van der Waals surface area contributed by atoms with Crippen LogP contribution in [0.25, 0.3) is 0 Å². The maximum atomic E-state index is 12.6. The van der Waals surface area contributed by atoms with Gasteiger partial charge in [0.05, 0.1) is 5.56 Å². The molecule has 2 aromatic carbocycles. The molecule has 0 atom stereocenters. The fourth-order valence-corrected chi connectivity index (χ4v) is 2.27. The first-order valence-corrected chi connectivity index (χ1v) is 8.34. The van der Waals surface area contributed by atoms with E-state index in [1.807, 2.05) is 6.07 Å². The van der Waals surface area contributed by atoms with Crippen LogP contribution < -0.4 is 16.0 Å². The number of nitrogens with one attached hydrogen (secondary N) is 3. The van der Waals surface area contributed by atoms with E-state index in [4.69, 9.17) is 0 Å². The number of guanidine groups is 1. The van der Waals surface area contributed by atoms with Gasteiger partial charge in [-0.25, -0.2) is 0 Å². The van der Waals surface area contributed by atoms with Gasteiger partial charge in [0.25, 0.3) is 5.91 Å². The summed E-state index contributed by atoms with van der Waals surface area (Å²) < 4.78 is 37.7. The van der Waals surface area contributed by atoms with Gasteiger partial charge >= 0.3 is 6.18 Å². The Morgan fingerprint density at radius 1 is 0.926 bits per heavy atom. The monoisotopic (exact) mass is 378 g/mol. The summed E-state index contributed by atoms with van der Waals surface area (Å²) >= 11 is 0. The predicted molar refractivity (Wildman–Crippen MR) is 98.4 cm³/mol. The molecule has 2 rings (SSSR count). The van der Waals surface area contributed by atoms with Gasteiger partial charge in [0.2, 0.25) is 0 Å². The van der Waals surface area contributed by atoms with Crippen LogP contribution in [0.1, 0.15) is 21.5 Å². The summed E-state index contributed by atoms with van der Waals surface area (Å²) in [6.07, 6.45) is -4.34. The van der Waals surface area contributed by atoms with Crippen molar-refractivity contribution in [2.45, 2.75) is 12.7 Å². The van der Waals surface area contributed by atoms with Crippen LogP contribution in [0.2, 0.25) is 0 Å². The van der Waals surface area contributed by atoms with Crippen LogP contribution in [-0.4, -0.2) is 32.0 Å². The molecule has 0 saturated carbocycles. The average molecular weight is 378 g/mol. The molecule has 8 heteroatoms. The normalized spacial score (nSPS) is 11.8. The predicted octanol–water partition coefficient (Wildman–Crippen LogP) is 2.80. The zero-order chi connectivity index (χ0) is 19.7. The highest BCUT2D eigenvalue weighted by Gasteiger charge is 2.29. The van der Waals surface area contributed by atoms with Crippen molar-refractivity contribution in [3.05, 3.63) is 71.3 Å². The minimum Gasteiger partial charge on any atom is -0.355 e. The molecule has 0 unspecified atom stereocenters. The molecule has 3 N–H and O–H groups in total. The standard InChI is InChI=1S/C19H21F3N4O/c1-23-18(25-12-11-24-17(27)15-5-3-2-4-6-15)26-13-14-7-9-16(10-8-14)19(20,21)22/h2-10H,11-13H2,1H3,(H,24,27)(H2,23,25,26). The van der Waals surface area contributed by atoms with Gasteiger partial charge in [-0.05, 0) is 29.8 Å². The first kappa shape index (κ1) is 20.3. The van der Waals surface area contributed by atoms with E-state index >= 15 is 0 Å². The van der Waals surface area contributed by atoms with E-state index in [0.717, 1.165) is 12.1 Å². The molecule has 27 heavy (non-hydrogen) atoms. The minimum absolute atomic E-state index is 0.162. The molecular weight excluding hydrogens is 357 g/mol. The highest BCUT2D eigenvalue weighted by atomic mass is 19.4. The number of carbonyl (C=O) groups excluding carboxylic acids is 1. The molecule has 0 saturated heterocycles. The molecular formula is C19H21F3N4O. The van der Waals surface area contributed by atoms with E-state index in [0.29, 0.717) is 36.7 Å². The second-order valence-electron chi connectivity index (χ2n) is 5.67. The van der Waals surface area contributed by atoms with E-state index in [2.05, 4.69) is 20.9 Å². The first-order chi connectivity index (χ1) is 12.9. The van der Waals surface area contributed by atoms with Gasteiger partial charge in [-0.3, -0.25) is 9.79 Å². The van der Waals surface area contributed by atoms with Crippen molar-refractivity contribution in [3.63, 3.8) is 0 Å². The molecule has 1 amide bonds. The number of hydrogen-bond acceptors (Lipinski definition) is 2. The fourth-order valence-electron chi connectivity index (χ4n) is 2.27. The maximum Gasteiger partial charge on any atom is 0.416 e. The Bertz CT molecular complexity index is 759. The van der Waals surface area contributed by atoms with Crippen LogP contribution in [0, 0.1) is 0 Å². The van der Waals surface area contributed by atoms with Crippen molar-refractivity contribution in [2.24, 2.45) is 4.99 Å². The Labute approximate surface area is 155 Å². The highest BCUT2D eigenvalue weighted by molar-refractivity contribution is 5.94. The fraction of sp³-hybridized carbons (Fsp3) is 0.263. The topological polar surface area (TPSA) is 65.5 Å². The van der Waals surface area contributed by atoms with Crippen molar-refractivity contribution in [2.75, 3.05) is 20.1 Å². The summed E-state index contributed by atoms with van der Waals surface area (Å²) in [5.74, 6) is 0.328. The lowest BCUT2D eigenvalue weighted by atomic mass is 10.1. The third kappa shape index (κ3) is 6.65. The van der Waals surface area contributed by atoms with Gasteiger partial charge in [-0.2, -0.15) is 13.2 Å². The maximum absolute atomic E-state index is 12.6. The molecule has 0 spiro atoms. The minimum atomic E-state index is -4.34. The van der Waals surface area contributed by atoms with Crippen LogP contribution in [0.3, 0.4) is 0 Å². The Morgan fingerprint density at radius 2 is 1.56 bits per heavy atom. The highest BCUT2D eigenvalue weighted by Crippen LogP contribution is 2.28. The SMILES string of the molecule is CN=C(NCCNC(=O)c1ccccc1)NCc1ccc(C(F)(F)F)cc1. The molecule has 0 aliphatic heterocycles. The largest absolute Gasteiger partial charge is 0.416 e. The summed E-state index contributed by atoms with van der Waals surface area (Å²) in [5, 5.41) is 8.82. The van der Waals surface area contributed by atoms with Crippen LogP contribution in [0.15, 0.2) is 59.6 Å². The lowest BCUT2D eigenvalue weighted by Crippen LogP contribution is -2.41. The summed E-state index contributed by atoms with van der Waals surface area (Å²) in [6.45, 7) is 1.17.